The predicted octanol–water partition coefficient (Wildman–Crippen LogP) is 3.29. The van der Waals surface area contributed by atoms with Crippen molar-refractivity contribution < 1.29 is 27.5 Å². The summed E-state index contributed by atoms with van der Waals surface area (Å²) in [5.74, 6) is 0.452. The molecule has 0 bridgehead atoms. The van der Waals surface area contributed by atoms with Crippen molar-refractivity contribution in [1.82, 2.24) is 10.9 Å². The summed E-state index contributed by atoms with van der Waals surface area (Å²) < 4.78 is 38.0. The number of carbonyl (C=O) groups is 2. The van der Waals surface area contributed by atoms with E-state index < -0.39 is 15.9 Å². The molecule has 9 nitrogen and oxygen atoms in total. The molecule has 0 aliphatic rings. The minimum Gasteiger partial charge on any atom is -0.497 e. The first-order chi connectivity index (χ1) is 16.8. The van der Waals surface area contributed by atoms with E-state index in [0.29, 0.717) is 24.5 Å². The van der Waals surface area contributed by atoms with Crippen molar-refractivity contribution in [1.29, 1.82) is 0 Å². The van der Waals surface area contributed by atoms with Crippen LogP contribution in [0.25, 0.3) is 0 Å². The lowest BCUT2D eigenvalue weighted by molar-refractivity contribution is -0.121. The predicted molar refractivity (Wildman–Crippen MR) is 132 cm³/mol. The minimum atomic E-state index is -3.80. The maximum absolute atomic E-state index is 12.6. The fourth-order valence-corrected chi connectivity index (χ4v) is 4.16. The molecule has 0 saturated heterocycles. The van der Waals surface area contributed by atoms with Gasteiger partial charge in [0.2, 0.25) is 5.91 Å². The van der Waals surface area contributed by atoms with Crippen molar-refractivity contribution in [2.45, 2.75) is 24.7 Å². The Labute approximate surface area is 204 Å². The van der Waals surface area contributed by atoms with E-state index in [1.54, 1.807) is 19.2 Å². The lowest BCUT2D eigenvalue weighted by Gasteiger charge is -2.10. The number of ether oxygens (including phenoxy) is 2. The molecule has 0 unspecified atom stereocenters. The highest BCUT2D eigenvalue weighted by atomic mass is 32.2. The van der Waals surface area contributed by atoms with Crippen LogP contribution in [0.3, 0.4) is 0 Å². The van der Waals surface area contributed by atoms with Crippen molar-refractivity contribution in [2.75, 3.05) is 18.4 Å². The van der Waals surface area contributed by atoms with Crippen LogP contribution in [-0.4, -0.2) is 33.9 Å². The molecule has 0 aliphatic heterocycles. The van der Waals surface area contributed by atoms with Gasteiger partial charge < -0.3 is 9.47 Å². The number of carbonyl (C=O) groups excluding carboxylic acids is 2. The molecule has 2 amide bonds. The minimum absolute atomic E-state index is 0.0834. The summed E-state index contributed by atoms with van der Waals surface area (Å²) in [6.07, 6.45) is 0.702. The zero-order valence-electron chi connectivity index (χ0n) is 19.4. The molecule has 0 aromatic heterocycles. The summed E-state index contributed by atoms with van der Waals surface area (Å²) in [7, 11) is -2.22. The third kappa shape index (κ3) is 7.47. The Bertz CT molecular complexity index is 1240. The standard InChI is InChI=1S/C25H27N3O6S/c1-3-34-22-13-15-23(16-14-22)35(31,32)28-20-9-7-19(8-10-20)25(30)27-26-24(29)17-6-18-4-11-21(33-2)12-5-18/h4-5,7-16,28H,3,6,17H2,1-2H3,(H,26,29)(H,27,30). The summed E-state index contributed by atoms with van der Waals surface area (Å²) in [6, 6.07) is 19.3. The molecule has 0 atom stereocenters. The molecule has 10 heteroatoms. The number of hydrogen-bond donors (Lipinski definition) is 3. The van der Waals surface area contributed by atoms with E-state index in [1.165, 1.54) is 36.4 Å². The number of rotatable bonds is 10. The maximum atomic E-state index is 12.6. The summed E-state index contributed by atoms with van der Waals surface area (Å²) in [6.45, 7) is 2.33. The van der Waals surface area contributed by atoms with E-state index in [-0.39, 0.29) is 22.8 Å². The van der Waals surface area contributed by atoms with Crippen molar-refractivity contribution in [3.63, 3.8) is 0 Å². The van der Waals surface area contributed by atoms with Crippen LogP contribution in [0.1, 0.15) is 29.3 Å². The van der Waals surface area contributed by atoms with Crippen molar-refractivity contribution in [2.24, 2.45) is 0 Å². The molecule has 3 aromatic carbocycles. The van der Waals surface area contributed by atoms with Gasteiger partial charge in [-0.05, 0) is 79.6 Å². The molecular formula is C25H27N3O6S. The van der Waals surface area contributed by atoms with E-state index in [2.05, 4.69) is 15.6 Å². The van der Waals surface area contributed by atoms with Gasteiger partial charge in [0.05, 0.1) is 18.6 Å². The van der Waals surface area contributed by atoms with Gasteiger partial charge in [0.15, 0.2) is 0 Å². The lowest BCUT2D eigenvalue weighted by Crippen LogP contribution is -2.41. The average Bonchev–Trinajstić information content (AvgIpc) is 2.87. The summed E-state index contributed by atoms with van der Waals surface area (Å²) in [4.78, 5) is 24.4. The SMILES string of the molecule is CCOc1ccc(S(=O)(=O)Nc2ccc(C(=O)NNC(=O)CCc3ccc(OC)cc3)cc2)cc1. The molecule has 0 heterocycles. The zero-order valence-corrected chi connectivity index (χ0v) is 20.2. The first-order valence-electron chi connectivity index (χ1n) is 10.9. The van der Waals surface area contributed by atoms with Crippen LogP contribution < -0.4 is 25.0 Å². The van der Waals surface area contributed by atoms with E-state index in [0.717, 1.165) is 11.3 Å². The van der Waals surface area contributed by atoms with Crippen LogP contribution in [0.15, 0.2) is 77.7 Å². The lowest BCUT2D eigenvalue weighted by atomic mass is 10.1. The number of aryl methyl sites for hydroxylation is 1. The number of anilines is 1. The molecular weight excluding hydrogens is 470 g/mol. The van der Waals surface area contributed by atoms with Gasteiger partial charge in [-0.25, -0.2) is 8.42 Å². The Kier molecular flexibility index (Phi) is 8.69. The monoisotopic (exact) mass is 497 g/mol. The molecule has 3 rings (SSSR count). The van der Waals surface area contributed by atoms with Gasteiger partial charge in [-0.2, -0.15) is 0 Å². The molecule has 3 N–H and O–H groups in total. The van der Waals surface area contributed by atoms with Gasteiger partial charge in [-0.15, -0.1) is 0 Å². The van der Waals surface area contributed by atoms with Gasteiger partial charge in [0.1, 0.15) is 11.5 Å². The number of methoxy groups -OCH3 is 1. The topological polar surface area (TPSA) is 123 Å². The number of hydrazine groups is 1. The Morgan fingerprint density at radius 2 is 1.46 bits per heavy atom. The van der Waals surface area contributed by atoms with Crippen molar-refractivity contribution in [3.05, 3.63) is 83.9 Å². The van der Waals surface area contributed by atoms with Crippen molar-refractivity contribution >= 4 is 27.5 Å². The third-order valence-corrected chi connectivity index (χ3v) is 6.36. The Hall–Kier alpha value is -4.05. The van der Waals surface area contributed by atoms with Crippen molar-refractivity contribution in [3.8, 4) is 11.5 Å². The number of nitrogens with one attached hydrogen (secondary N) is 3. The Morgan fingerprint density at radius 3 is 2.06 bits per heavy atom. The molecule has 184 valence electrons. The quantitative estimate of drug-likeness (QED) is 0.370. The molecule has 0 radical (unpaired) electrons. The van der Waals surface area contributed by atoms with Crippen LogP contribution in [-0.2, 0) is 21.2 Å². The van der Waals surface area contributed by atoms with E-state index in [9.17, 15) is 18.0 Å². The number of hydrogen-bond acceptors (Lipinski definition) is 6. The second kappa shape index (κ2) is 11.9. The second-order valence-corrected chi connectivity index (χ2v) is 9.12. The summed E-state index contributed by atoms with van der Waals surface area (Å²) in [5, 5.41) is 0. The van der Waals surface area contributed by atoms with Crippen LogP contribution in [0.4, 0.5) is 5.69 Å². The molecule has 0 fully saturated rings. The van der Waals surface area contributed by atoms with Gasteiger partial charge >= 0.3 is 0 Å². The van der Waals surface area contributed by atoms with Crippen LogP contribution in [0, 0.1) is 0 Å². The van der Waals surface area contributed by atoms with E-state index >= 15 is 0 Å². The highest BCUT2D eigenvalue weighted by molar-refractivity contribution is 7.92. The molecule has 0 saturated carbocycles. The fraction of sp³-hybridized carbons (Fsp3) is 0.200. The normalized spacial score (nSPS) is 10.8. The number of sulfonamides is 1. The highest BCUT2D eigenvalue weighted by Crippen LogP contribution is 2.20. The summed E-state index contributed by atoms with van der Waals surface area (Å²) >= 11 is 0. The van der Waals surface area contributed by atoms with Gasteiger partial charge in [-0.3, -0.25) is 25.2 Å². The zero-order chi connectivity index (χ0) is 25.3. The van der Waals surface area contributed by atoms with E-state index in [1.807, 2.05) is 31.2 Å². The molecule has 0 aliphatic carbocycles. The van der Waals surface area contributed by atoms with E-state index in [4.69, 9.17) is 9.47 Å². The average molecular weight is 498 g/mol. The molecule has 35 heavy (non-hydrogen) atoms. The van der Waals surface area contributed by atoms with Gasteiger partial charge in [-0.1, -0.05) is 12.1 Å². The first kappa shape index (κ1) is 25.6. The highest BCUT2D eigenvalue weighted by Gasteiger charge is 2.15. The van der Waals surface area contributed by atoms with Gasteiger partial charge in [0.25, 0.3) is 15.9 Å². The first-order valence-corrected chi connectivity index (χ1v) is 12.4. The smallest absolute Gasteiger partial charge is 0.269 e. The molecule has 3 aromatic rings. The maximum Gasteiger partial charge on any atom is 0.269 e. The van der Waals surface area contributed by atoms with Crippen LogP contribution in [0.5, 0.6) is 11.5 Å². The Morgan fingerprint density at radius 1 is 0.829 bits per heavy atom. The number of amides is 2. The van der Waals surface area contributed by atoms with Crippen LogP contribution >= 0.6 is 0 Å². The number of benzene rings is 3. The fourth-order valence-electron chi connectivity index (χ4n) is 3.10. The van der Waals surface area contributed by atoms with Crippen LogP contribution in [0.2, 0.25) is 0 Å². The summed E-state index contributed by atoms with van der Waals surface area (Å²) in [5.41, 5.74) is 6.24. The third-order valence-electron chi connectivity index (χ3n) is 4.96. The Balaban J connectivity index is 1.49. The van der Waals surface area contributed by atoms with Gasteiger partial charge in [0, 0.05) is 17.7 Å². The largest absolute Gasteiger partial charge is 0.497 e. The second-order valence-electron chi connectivity index (χ2n) is 7.44. The molecule has 0 spiro atoms.